The third-order valence-electron chi connectivity index (χ3n) is 7.54. The van der Waals surface area contributed by atoms with Gasteiger partial charge >= 0.3 is 0 Å². The van der Waals surface area contributed by atoms with E-state index in [1.165, 1.54) is 0 Å². The molecular weight excluding hydrogens is 570 g/mol. The van der Waals surface area contributed by atoms with Crippen LogP contribution in [0.15, 0.2) is 127 Å². The predicted octanol–water partition coefficient (Wildman–Crippen LogP) is 6.90. The largest absolute Gasteiger partial charge is 0.392 e. The molecule has 7 nitrogen and oxygen atoms in total. The minimum absolute atomic E-state index is 0.00273. The summed E-state index contributed by atoms with van der Waals surface area (Å²) in [5, 5.41) is 13.2. The normalized spacial score (nSPS) is 18.1. The van der Waals surface area contributed by atoms with E-state index in [-0.39, 0.29) is 24.7 Å². The molecule has 222 valence electrons. The van der Waals surface area contributed by atoms with Crippen LogP contribution in [-0.2, 0) is 22.6 Å². The van der Waals surface area contributed by atoms with E-state index in [2.05, 4.69) is 33.5 Å². The fraction of sp³-hybridized carbons (Fsp3) is 0.194. The van der Waals surface area contributed by atoms with Crippen LogP contribution in [0, 0.1) is 0 Å². The molecule has 44 heavy (non-hydrogen) atoms. The van der Waals surface area contributed by atoms with E-state index in [9.17, 15) is 9.90 Å². The monoisotopic (exact) mass is 603 g/mol. The number of benzene rings is 4. The maximum Gasteiger partial charge on any atom is 0.251 e. The summed E-state index contributed by atoms with van der Waals surface area (Å²) in [4.78, 5) is 21.3. The first-order valence-corrected chi connectivity index (χ1v) is 15.6. The van der Waals surface area contributed by atoms with Crippen molar-refractivity contribution in [3.63, 3.8) is 0 Å². The van der Waals surface area contributed by atoms with Crippen LogP contribution in [0.25, 0.3) is 11.1 Å². The number of aliphatic hydroxyl groups is 1. The van der Waals surface area contributed by atoms with Gasteiger partial charge in [-0.3, -0.25) is 4.79 Å². The summed E-state index contributed by atoms with van der Waals surface area (Å²) in [5.74, 6) is 0.587. The second-order valence-corrected chi connectivity index (χ2v) is 11.5. The van der Waals surface area contributed by atoms with E-state index in [4.69, 9.17) is 9.47 Å². The summed E-state index contributed by atoms with van der Waals surface area (Å²) in [5.41, 5.74) is 6.59. The van der Waals surface area contributed by atoms with Crippen molar-refractivity contribution in [1.82, 2.24) is 15.3 Å². The maximum absolute atomic E-state index is 12.6. The number of nitrogens with zero attached hydrogens (tertiary/aromatic N) is 2. The van der Waals surface area contributed by atoms with Gasteiger partial charge in [0.25, 0.3) is 5.91 Å². The minimum atomic E-state index is -0.553. The first kappa shape index (κ1) is 29.7. The maximum atomic E-state index is 12.6. The number of nitrogens with one attached hydrogen (secondary N) is 1. The van der Waals surface area contributed by atoms with Gasteiger partial charge in [-0.15, -0.1) is 0 Å². The Labute approximate surface area is 261 Å². The van der Waals surface area contributed by atoms with Crippen LogP contribution >= 0.6 is 11.8 Å². The number of aliphatic hydroxyl groups excluding tert-OH is 1. The van der Waals surface area contributed by atoms with Gasteiger partial charge in [0, 0.05) is 42.2 Å². The molecule has 3 atom stereocenters. The average Bonchev–Trinajstić information content (AvgIpc) is 3.10. The van der Waals surface area contributed by atoms with Crippen LogP contribution in [0.5, 0.6) is 0 Å². The SMILES string of the molecule is O=C(NCc1ccccc1-c1ccc(C2OC(CSc3ncccn3)CC(c3ccc(CO)cc3)O2)cc1)c1ccccc1. The molecule has 0 saturated carbocycles. The van der Waals surface area contributed by atoms with Gasteiger partial charge in [0.1, 0.15) is 0 Å². The van der Waals surface area contributed by atoms with E-state index >= 15 is 0 Å². The number of aromatic nitrogens is 2. The molecule has 1 saturated heterocycles. The molecule has 1 aliphatic heterocycles. The van der Waals surface area contributed by atoms with Crippen LogP contribution in [0.4, 0.5) is 0 Å². The minimum Gasteiger partial charge on any atom is -0.392 e. The molecule has 5 aromatic rings. The molecule has 3 unspecified atom stereocenters. The van der Waals surface area contributed by atoms with E-state index in [0.717, 1.165) is 33.4 Å². The van der Waals surface area contributed by atoms with E-state index < -0.39 is 6.29 Å². The van der Waals surface area contributed by atoms with Crippen molar-refractivity contribution >= 4 is 17.7 Å². The molecule has 8 heteroatoms. The second kappa shape index (κ2) is 14.4. The molecule has 1 aliphatic rings. The summed E-state index contributed by atoms with van der Waals surface area (Å²) >= 11 is 1.57. The molecule has 2 N–H and O–H groups in total. The van der Waals surface area contributed by atoms with Gasteiger partial charge in [-0.2, -0.15) is 0 Å². The Morgan fingerprint density at radius 3 is 2.27 bits per heavy atom. The van der Waals surface area contributed by atoms with Gasteiger partial charge < -0.3 is 19.9 Å². The zero-order valence-electron chi connectivity index (χ0n) is 24.1. The van der Waals surface area contributed by atoms with Crippen molar-refractivity contribution in [3.8, 4) is 11.1 Å². The lowest BCUT2D eigenvalue weighted by atomic mass is 9.97. The smallest absolute Gasteiger partial charge is 0.251 e. The van der Waals surface area contributed by atoms with Crippen molar-refractivity contribution in [2.45, 2.75) is 43.2 Å². The number of carbonyl (C=O) groups is 1. The molecule has 0 radical (unpaired) electrons. The summed E-state index contributed by atoms with van der Waals surface area (Å²) in [6, 6.07) is 35.2. The lowest BCUT2D eigenvalue weighted by Gasteiger charge is -2.36. The van der Waals surface area contributed by atoms with Crippen LogP contribution in [0.3, 0.4) is 0 Å². The van der Waals surface area contributed by atoms with Gasteiger partial charge in [-0.25, -0.2) is 9.97 Å². The summed E-state index contributed by atoms with van der Waals surface area (Å²) < 4.78 is 13.0. The summed E-state index contributed by atoms with van der Waals surface area (Å²) in [7, 11) is 0. The number of amides is 1. The summed E-state index contributed by atoms with van der Waals surface area (Å²) in [6.07, 6.45) is 3.37. The third-order valence-corrected chi connectivity index (χ3v) is 8.55. The topological polar surface area (TPSA) is 93.6 Å². The van der Waals surface area contributed by atoms with Crippen LogP contribution < -0.4 is 5.32 Å². The highest BCUT2D eigenvalue weighted by Crippen LogP contribution is 2.39. The van der Waals surface area contributed by atoms with Crippen molar-refractivity contribution in [2.75, 3.05) is 5.75 Å². The third kappa shape index (κ3) is 7.41. The van der Waals surface area contributed by atoms with Crippen molar-refractivity contribution in [2.24, 2.45) is 0 Å². The Hall–Kier alpha value is -4.34. The van der Waals surface area contributed by atoms with Gasteiger partial charge in [-0.1, -0.05) is 103 Å². The lowest BCUT2D eigenvalue weighted by molar-refractivity contribution is -0.245. The fourth-order valence-corrected chi connectivity index (χ4v) is 6.01. The molecule has 1 aromatic heterocycles. The van der Waals surface area contributed by atoms with Crippen LogP contribution in [0.2, 0.25) is 0 Å². The van der Waals surface area contributed by atoms with E-state index in [1.54, 1.807) is 30.2 Å². The number of rotatable bonds is 10. The average molecular weight is 604 g/mol. The first-order valence-electron chi connectivity index (χ1n) is 14.6. The second-order valence-electron chi connectivity index (χ2n) is 10.5. The first-order chi connectivity index (χ1) is 21.7. The van der Waals surface area contributed by atoms with Crippen LogP contribution in [0.1, 0.15) is 51.4 Å². The standard InChI is InChI=1S/C36H33N3O4S/c40-23-25-11-13-27(14-12-25)33-21-31(24-44-36-37-19-6-20-38-36)42-35(43-33)29-17-15-26(16-18-29)32-10-5-4-9-30(32)22-39-34(41)28-7-2-1-3-8-28/h1-20,31,33,35,40H,21-24H2,(H,39,41). The molecule has 1 fully saturated rings. The quantitative estimate of drug-likeness (QED) is 0.132. The Morgan fingerprint density at radius 1 is 0.818 bits per heavy atom. The highest BCUT2D eigenvalue weighted by Gasteiger charge is 2.32. The Morgan fingerprint density at radius 2 is 1.52 bits per heavy atom. The molecule has 2 heterocycles. The number of hydrogen-bond acceptors (Lipinski definition) is 7. The van der Waals surface area contributed by atoms with Gasteiger partial charge in [0.05, 0.1) is 18.8 Å². The Balaban J connectivity index is 1.19. The van der Waals surface area contributed by atoms with Gasteiger partial charge in [0.15, 0.2) is 11.4 Å². The highest BCUT2D eigenvalue weighted by molar-refractivity contribution is 7.99. The molecule has 0 spiro atoms. The molecular formula is C36H33N3O4S. The van der Waals surface area contributed by atoms with E-state index in [1.807, 2.05) is 84.9 Å². The predicted molar refractivity (Wildman–Crippen MR) is 171 cm³/mol. The highest BCUT2D eigenvalue weighted by atomic mass is 32.2. The fourth-order valence-electron chi connectivity index (χ4n) is 5.19. The molecule has 4 aromatic carbocycles. The number of hydrogen-bond donors (Lipinski definition) is 2. The number of thioether (sulfide) groups is 1. The molecule has 1 amide bonds. The molecule has 6 rings (SSSR count). The van der Waals surface area contributed by atoms with Crippen molar-refractivity contribution < 1.29 is 19.4 Å². The van der Waals surface area contributed by atoms with Gasteiger partial charge in [0.2, 0.25) is 0 Å². The zero-order chi connectivity index (χ0) is 30.1. The Bertz CT molecular complexity index is 1650. The van der Waals surface area contributed by atoms with Crippen LogP contribution in [-0.4, -0.2) is 32.8 Å². The number of ether oxygens (including phenoxy) is 2. The van der Waals surface area contributed by atoms with Crippen molar-refractivity contribution in [3.05, 3.63) is 149 Å². The Kier molecular flexibility index (Phi) is 9.74. The zero-order valence-corrected chi connectivity index (χ0v) is 24.9. The molecule has 0 aliphatic carbocycles. The lowest BCUT2D eigenvalue weighted by Crippen LogP contribution is -2.31. The van der Waals surface area contributed by atoms with Gasteiger partial charge in [-0.05, 0) is 46.0 Å². The number of carbonyl (C=O) groups excluding carboxylic acids is 1. The molecule has 0 bridgehead atoms. The van der Waals surface area contributed by atoms with Crippen molar-refractivity contribution in [1.29, 1.82) is 0 Å². The summed E-state index contributed by atoms with van der Waals surface area (Å²) in [6.45, 7) is 0.421. The van der Waals surface area contributed by atoms with E-state index in [0.29, 0.717) is 29.4 Å².